The molecule has 1 atom stereocenters. The Hall–Kier alpha value is -2.25. The number of non-ortho nitro benzene ring substituents is 1. The Bertz CT molecular complexity index is 803. The van der Waals surface area contributed by atoms with Crippen LogP contribution in [0.15, 0.2) is 40.7 Å². The molecule has 0 N–H and O–H groups in total. The molecule has 2 aliphatic heterocycles. The van der Waals surface area contributed by atoms with Gasteiger partial charge in [0.2, 0.25) is 0 Å². The van der Waals surface area contributed by atoms with Crippen LogP contribution >= 0.6 is 11.3 Å². The molecule has 0 saturated carbocycles. The van der Waals surface area contributed by atoms with Crippen molar-refractivity contribution in [2.45, 2.75) is 6.04 Å². The number of piperazine rings is 1. The average Bonchev–Trinajstić information content (AvgIpc) is 3.04. The number of aliphatic imine (C=N–C) groups is 1. The Labute approximate surface area is 144 Å². The van der Waals surface area contributed by atoms with Crippen LogP contribution in [0.5, 0.6) is 0 Å². The number of hydrogen-bond acceptors (Lipinski definition) is 6. The van der Waals surface area contributed by atoms with Gasteiger partial charge in [0.1, 0.15) is 0 Å². The maximum absolute atomic E-state index is 11.2. The minimum Gasteiger partial charge on any atom is -0.364 e. The Morgan fingerprint density at radius 2 is 2.21 bits per heavy atom. The number of benzene rings is 1. The highest BCUT2D eigenvalue weighted by molar-refractivity contribution is 7.12. The second-order valence-electron chi connectivity index (χ2n) is 6.23. The number of nitro groups is 1. The second-order valence-corrected chi connectivity index (χ2v) is 7.18. The van der Waals surface area contributed by atoms with Crippen LogP contribution in [0.25, 0.3) is 0 Å². The lowest BCUT2D eigenvalue weighted by Gasteiger charge is -2.40. The zero-order valence-electron chi connectivity index (χ0n) is 13.4. The van der Waals surface area contributed by atoms with Gasteiger partial charge in [-0.1, -0.05) is 6.07 Å². The van der Waals surface area contributed by atoms with Crippen LogP contribution in [-0.4, -0.2) is 54.8 Å². The average molecular weight is 342 g/mol. The fraction of sp³-hybridized carbons (Fsp3) is 0.353. The first-order valence-electron chi connectivity index (χ1n) is 7.96. The van der Waals surface area contributed by atoms with Crippen molar-refractivity contribution in [2.75, 3.05) is 38.1 Å². The van der Waals surface area contributed by atoms with E-state index >= 15 is 0 Å². The molecule has 3 heterocycles. The van der Waals surface area contributed by atoms with E-state index < -0.39 is 0 Å². The molecule has 1 fully saturated rings. The SMILES string of the molecule is CN1CCN2c3ccc([N+](=O)[O-])cc3C(c3cccs3)=NCC2C1. The van der Waals surface area contributed by atoms with E-state index in [-0.39, 0.29) is 10.6 Å². The van der Waals surface area contributed by atoms with E-state index in [0.29, 0.717) is 12.6 Å². The van der Waals surface area contributed by atoms with Crippen LogP contribution in [0, 0.1) is 10.1 Å². The molecule has 4 rings (SSSR count). The van der Waals surface area contributed by atoms with E-state index in [4.69, 9.17) is 4.99 Å². The maximum Gasteiger partial charge on any atom is 0.270 e. The number of fused-ring (bicyclic) bond motifs is 3. The number of likely N-dealkylation sites (N-methyl/N-ethyl adjacent to an activating group) is 1. The number of hydrogen-bond donors (Lipinski definition) is 0. The van der Waals surface area contributed by atoms with Crippen molar-refractivity contribution in [1.29, 1.82) is 0 Å². The van der Waals surface area contributed by atoms with Crippen LogP contribution in [0.3, 0.4) is 0 Å². The molecular weight excluding hydrogens is 324 g/mol. The van der Waals surface area contributed by atoms with Gasteiger partial charge in [0.05, 0.1) is 28.1 Å². The fourth-order valence-corrected chi connectivity index (χ4v) is 4.21. The fourth-order valence-electron chi connectivity index (χ4n) is 3.47. The Kier molecular flexibility index (Phi) is 3.82. The molecule has 24 heavy (non-hydrogen) atoms. The summed E-state index contributed by atoms with van der Waals surface area (Å²) in [6.45, 7) is 3.57. The Morgan fingerprint density at radius 1 is 1.33 bits per heavy atom. The summed E-state index contributed by atoms with van der Waals surface area (Å²) >= 11 is 1.62. The standard InChI is InChI=1S/C17H18N4O2S/c1-19-6-7-20-13(11-19)10-18-17(16-3-2-8-24-16)14-9-12(21(22)23)4-5-15(14)20/h2-5,8-9,13H,6-7,10-11H2,1H3. The lowest BCUT2D eigenvalue weighted by atomic mass is 10.0. The van der Waals surface area contributed by atoms with Gasteiger partial charge in [-0.15, -0.1) is 11.3 Å². The number of thiophene rings is 1. The maximum atomic E-state index is 11.2. The summed E-state index contributed by atoms with van der Waals surface area (Å²) in [6, 6.07) is 9.50. The first-order valence-corrected chi connectivity index (χ1v) is 8.84. The number of rotatable bonds is 2. The van der Waals surface area contributed by atoms with Crippen LogP contribution < -0.4 is 4.90 Å². The van der Waals surface area contributed by atoms with Crippen LogP contribution in [0.1, 0.15) is 10.4 Å². The summed E-state index contributed by atoms with van der Waals surface area (Å²) in [5.41, 5.74) is 2.92. The van der Waals surface area contributed by atoms with Gasteiger partial charge < -0.3 is 9.80 Å². The van der Waals surface area contributed by atoms with Gasteiger partial charge >= 0.3 is 0 Å². The summed E-state index contributed by atoms with van der Waals surface area (Å²) < 4.78 is 0. The Morgan fingerprint density at radius 3 is 2.96 bits per heavy atom. The smallest absolute Gasteiger partial charge is 0.270 e. The number of anilines is 1. The topological polar surface area (TPSA) is 62.0 Å². The molecule has 1 unspecified atom stereocenters. The minimum absolute atomic E-state index is 0.116. The van der Waals surface area contributed by atoms with Gasteiger partial charge in [-0.3, -0.25) is 15.1 Å². The molecule has 0 bridgehead atoms. The van der Waals surface area contributed by atoms with Gasteiger partial charge in [-0.2, -0.15) is 0 Å². The minimum atomic E-state index is -0.335. The van der Waals surface area contributed by atoms with E-state index in [9.17, 15) is 10.1 Å². The van der Waals surface area contributed by atoms with Crippen molar-refractivity contribution < 1.29 is 4.92 Å². The lowest BCUT2D eigenvalue weighted by molar-refractivity contribution is -0.384. The molecule has 2 aromatic rings. The molecule has 1 aromatic carbocycles. The highest BCUT2D eigenvalue weighted by atomic mass is 32.1. The summed E-state index contributed by atoms with van der Waals surface area (Å²) in [4.78, 5) is 21.5. The van der Waals surface area contributed by atoms with Crippen molar-refractivity contribution in [3.63, 3.8) is 0 Å². The van der Waals surface area contributed by atoms with E-state index in [2.05, 4.69) is 16.8 Å². The number of nitro benzene ring substituents is 1. The highest BCUT2D eigenvalue weighted by Gasteiger charge is 2.31. The molecule has 6 nitrogen and oxygen atoms in total. The van der Waals surface area contributed by atoms with E-state index in [1.165, 1.54) is 0 Å². The Balaban J connectivity index is 1.87. The van der Waals surface area contributed by atoms with Crippen molar-refractivity contribution in [2.24, 2.45) is 4.99 Å². The predicted octanol–water partition coefficient (Wildman–Crippen LogP) is 2.63. The predicted molar refractivity (Wildman–Crippen MR) is 96.6 cm³/mol. The summed E-state index contributed by atoms with van der Waals surface area (Å²) in [7, 11) is 2.13. The third-order valence-electron chi connectivity index (χ3n) is 4.66. The van der Waals surface area contributed by atoms with E-state index in [0.717, 1.165) is 41.5 Å². The highest BCUT2D eigenvalue weighted by Crippen LogP contribution is 2.33. The van der Waals surface area contributed by atoms with Crippen LogP contribution in [0.4, 0.5) is 11.4 Å². The molecule has 0 amide bonds. The molecule has 0 radical (unpaired) electrons. The van der Waals surface area contributed by atoms with Crippen molar-refractivity contribution in [3.05, 3.63) is 56.3 Å². The van der Waals surface area contributed by atoms with Crippen molar-refractivity contribution >= 4 is 28.4 Å². The van der Waals surface area contributed by atoms with Crippen molar-refractivity contribution in [1.82, 2.24) is 4.90 Å². The number of nitrogens with zero attached hydrogens (tertiary/aromatic N) is 4. The van der Waals surface area contributed by atoms with Gasteiger partial charge in [0.15, 0.2) is 0 Å². The molecule has 2 aliphatic rings. The molecule has 0 spiro atoms. The van der Waals surface area contributed by atoms with Gasteiger partial charge in [-0.05, 0) is 24.6 Å². The quantitative estimate of drug-likeness (QED) is 0.622. The third kappa shape index (κ3) is 2.59. The van der Waals surface area contributed by atoms with Gasteiger partial charge in [0.25, 0.3) is 5.69 Å². The third-order valence-corrected chi connectivity index (χ3v) is 5.53. The lowest BCUT2D eigenvalue weighted by Crippen LogP contribution is -2.53. The first-order chi connectivity index (χ1) is 11.6. The van der Waals surface area contributed by atoms with Crippen molar-refractivity contribution in [3.8, 4) is 0 Å². The summed E-state index contributed by atoms with van der Waals surface area (Å²) in [6.07, 6.45) is 0. The summed E-state index contributed by atoms with van der Waals surface area (Å²) in [5.74, 6) is 0. The van der Waals surface area contributed by atoms with Gasteiger partial charge in [-0.25, -0.2) is 0 Å². The molecule has 1 saturated heterocycles. The molecule has 7 heteroatoms. The monoisotopic (exact) mass is 342 g/mol. The van der Waals surface area contributed by atoms with Gasteiger partial charge in [0, 0.05) is 43.0 Å². The van der Waals surface area contributed by atoms with E-state index in [1.807, 2.05) is 23.6 Å². The van der Waals surface area contributed by atoms with Crippen LogP contribution in [0.2, 0.25) is 0 Å². The second kappa shape index (κ2) is 5.99. The molecular formula is C17H18N4O2S. The van der Waals surface area contributed by atoms with E-state index in [1.54, 1.807) is 23.5 Å². The summed E-state index contributed by atoms with van der Waals surface area (Å²) in [5, 5.41) is 13.3. The molecule has 0 aliphatic carbocycles. The zero-order chi connectivity index (χ0) is 16.7. The first kappa shape index (κ1) is 15.3. The van der Waals surface area contributed by atoms with Crippen LogP contribution in [-0.2, 0) is 0 Å². The molecule has 124 valence electrons. The molecule has 1 aromatic heterocycles. The largest absolute Gasteiger partial charge is 0.364 e. The normalized spacial score (nSPS) is 20.8. The zero-order valence-corrected chi connectivity index (χ0v) is 14.2.